The Morgan fingerprint density at radius 1 is 1.37 bits per heavy atom. The first kappa shape index (κ1) is 12.4. The van der Waals surface area contributed by atoms with Crippen molar-refractivity contribution in [3.8, 4) is 11.3 Å². The van der Waals surface area contributed by atoms with Crippen LogP contribution < -0.4 is 0 Å². The van der Waals surface area contributed by atoms with Crippen LogP contribution in [0.1, 0.15) is 11.4 Å². The van der Waals surface area contributed by atoms with Crippen LogP contribution in [0.2, 0.25) is 0 Å². The Kier molecular flexibility index (Phi) is 3.62. The monoisotopic (exact) mass is 256 g/mol. The topological polar surface area (TPSA) is 41.2 Å². The summed E-state index contributed by atoms with van der Waals surface area (Å²) in [6.07, 6.45) is 1.87. The first-order valence-electron chi connectivity index (χ1n) is 6.63. The third kappa shape index (κ3) is 3.03. The summed E-state index contributed by atoms with van der Waals surface area (Å²) in [7, 11) is 0. The van der Waals surface area contributed by atoms with E-state index in [-0.39, 0.29) is 0 Å². The first-order chi connectivity index (χ1) is 9.31. The second kappa shape index (κ2) is 5.55. The molecule has 19 heavy (non-hydrogen) atoms. The molecule has 1 aromatic heterocycles. The van der Waals surface area contributed by atoms with Crippen LogP contribution in [0, 0.1) is 13.0 Å². The van der Waals surface area contributed by atoms with Crippen molar-refractivity contribution >= 4 is 0 Å². The third-order valence-electron chi connectivity index (χ3n) is 3.37. The summed E-state index contributed by atoms with van der Waals surface area (Å²) in [4.78, 5) is 9.91. The van der Waals surface area contributed by atoms with Crippen LogP contribution in [-0.2, 0) is 11.3 Å². The number of aromatic nitrogens is 2. The van der Waals surface area contributed by atoms with Gasteiger partial charge < -0.3 is 9.72 Å². The molecular weight excluding hydrogens is 238 g/mol. The SMILES string of the molecule is Cc1ncc(-c2c[c]cc(CN3CCOCC3)c2)[nH]1. The molecule has 2 aromatic rings. The highest BCUT2D eigenvalue weighted by molar-refractivity contribution is 5.59. The van der Waals surface area contributed by atoms with E-state index in [0.717, 1.165) is 49.9 Å². The normalized spacial score (nSPS) is 16.7. The van der Waals surface area contributed by atoms with Gasteiger partial charge in [0.05, 0.1) is 25.1 Å². The molecule has 99 valence electrons. The smallest absolute Gasteiger partial charge is 0.103 e. The van der Waals surface area contributed by atoms with E-state index in [1.165, 1.54) is 5.56 Å². The van der Waals surface area contributed by atoms with E-state index in [4.69, 9.17) is 4.74 Å². The summed E-state index contributed by atoms with van der Waals surface area (Å²) in [6, 6.07) is 9.48. The highest BCUT2D eigenvalue weighted by Crippen LogP contribution is 2.19. The fourth-order valence-electron chi connectivity index (χ4n) is 2.35. The quantitative estimate of drug-likeness (QED) is 0.913. The second-order valence-electron chi connectivity index (χ2n) is 4.90. The number of aryl methyl sites for hydroxylation is 1. The number of hydrogen-bond acceptors (Lipinski definition) is 3. The minimum Gasteiger partial charge on any atom is -0.379 e. The zero-order valence-corrected chi connectivity index (χ0v) is 11.1. The largest absolute Gasteiger partial charge is 0.379 e. The number of aromatic amines is 1. The number of H-pyrrole nitrogens is 1. The van der Waals surface area contributed by atoms with Crippen LogP contribution in [0.5, 0.6) is 0 Å². The highest BCUT2D eigenvalue weighted by Gasteiger charge is 2.11. The Bertz CT molecular complexity index is 544. The highest BCUT2D eigenvalue weighted by atomic mass is 16.5. The summed E-state index contributed by atoms with van der Waals surface area (Å²) in [5, 5.41) is 0. The maximum absolute atomic E-state index is 5.37. The van der Waals surface area contributed by atoms with E-state index in [1.807, 2.05) is 19.2 Å². The Labute approximate surface area is 113 Å². The van der Waals surface area contributed by atoms with Gasteiger partial charge in [0.2, 0.25) is 0 Å². The molecule has 0 aliphatic carbocycles. The lowest BCUT2D eigenvalue weighted by Gasteiger charge is -2.26. The van der Waals surface area contributed by atoms with Gasteiger partial charge in [0.25, 0.3) is 0 Å². The molecule has 1 aliphatic rings. The van der Waals surface area contributed by atoms with Gasteiger partial charge in [-0.2, -0.15) is 0 Å². The summed E-state index contributed by atoms with van der Waals surface area (Å²) in [6.45, 7) is 6.61. The predicted octanol–water partition coefficient (Wildman–Crippen LogP) is 2.02. The average molecular weight is 256 g/mol. The number of benzene rings is 1. The van der Waals surface area contributed by atoms with E-state index in [9.17, 15) is 0 Å². The predicted molar refractivity (Wildman–Crippen MR) is 73.7 cm³/mol. The van der Waals surface area contributed by atoms with Crippen LogP contribution in [0.3, 0.4) is 0 Å². The van der Waals surface area contributed by atoms with E-state index in [2.05, 4.69) is 33.1 Å². The Balaban J connectivity index is 1.75. The zero-order valence-electron chi connectivity index (χ0n) is 11.1. The number of rotatable bonds is 3. The molecule has 1 fully saturated rings. The van der Waals surface area contributed by atoms with Gasteiger partial charge in [-0.25, -0.2) is 4.98 Å². The number of imidazole rings is 1. The van der Waals surface area contributed by atoms with Gasteiger partial charge in [0, 0.05) is 25.2 Å². The first-order valence-corrected chi connectivity index (χ1v) is 6.63. The van der Waals surface area contributed by atoms with Crippen molar-refractivity contribution in [2.24, 2.45) is 0 Å². The molecule has 0 unspecified atom stereocenters. The molecule has 0 spiro atoms. The van der Waals surface area contributed by atoms with Gasteiger partial charge >= 0.3 is 0 Å². The standard InChI is InChI=1S/C15H18N3O/c1-12-16-10-15(17-12)14-4-2-3-13(9-14)11-18-5-7-19-8-6-18/h3-4,9-10H,5-8,11H2,1H3,(H,16,17). The molecule has 1 N–H and O–H groups in total. The van der Waals surface area contributed by atoms with Crippen LogP contribution in [0.15, 0.2) is 24.4 Å². The van der Waals surface area contributed by atoms with Crippen molar-refractivity contribution in [3.05, 3.63) is 41.9 Å². The van der Waals surface area contributed by atoms with Gasteiger partial charge in [-0.1, -0.05) is 0 Å². The zero-order chi connectivity index (χ0) is 13.1. The molecule has 0 saturated carbocycles. The van der Waals surface area contributed by atoms with Gasteiger partial charge in [-0.3, -0.25) is 4.90 Å². The number of ether oxygens (including phenoxy) is 1. The Hall–Kier alpha value is -1.65. The summed E-state index contributed by atoms with van der Waals surface area (Å²) in [5.74, 6) is 0.939. The van der Waals surface area contributed by atoms with Crippen LogP contribution in [0.4, 0.5) is 0 Å². The average Bonchev–Trinajstić information content (AvgIpc) is 2.87. The summed E-state index contributed by atoms with van der Waals surface area (Å²) >= 11 is 0. The Morgan fingerprint density at radius 2 is 2.21 bits per heavy atom. The fourth-order valence-corrected chi connectivity index (χ4v) is 2.35. The van der Waals surface area contributed by atoms with Crippen molar-refractivity contribution in [1.29, 1.82) is 0 Å². The molecule has 1 radical (unpaired) electrons. The molecule has 2 heterocycles. The lowest BCUT2D eigenvalue weighted by Crippen LogP contribution is -2.35. The van der Waals surface area contributed by atoms with Gasteiger partial charge in [-0.15, -0.1) is 0 Å². The fraction of sp³-hybridized carbons (Fsp3) is 0.400. The minimum absolute atomic E-state index is 0.836. The van der Waals surface area contributed by atoms with Crippen molar-refractivity contribution < 1.29 is 4.74 Å². The molecule has 1 aliphatic heterocycles. The van der Waals surface area contributed by atoms with Crippen molar-refractivity contribution in [3.63, 3.8) is 0 Å². The third-order valence-corrected chi connectivity index (χ3v) is 3.37. The number of nitrogens with zero attached hydrogens (tertiary/aromatic N) is 2. The lowest BCUT2D eigenvalue weighted by molar-refractivity contribution is 0.0342. The number of nitrogens with one attached hydrogen (secondary N) is 1. The van der Waals surface area contributed by atoms with E-state index in [0.29, 0.717) is 0 Å². The summed E-state index contributed by atoms with van der Waals surface area (Å²) in [5.41, 5.74) is 3.48. The number of morpholine rings is 1. The molecule has 4 nitrogen and oxygen atoms in total. The molecule has 0 amide bonds. The maximum atomic E-state index is 5.37. The van der Waals surface area contributed by atoms with Crippen molar-refractivity contribution in [2.75, 3.05) is 26.3 Å². The van der Waals surface area contributed by atoms with Gasteiger partial charge in [0.15, 0.2) is 0 Å². The van der Waals surface area contributed by atoms with E-state index < -0.39 is 0 Å². The van der Waals surface area contributed by atoms with Crippen LogP contribution in [-0.4, -0.2) is 41.2 Å². The number of hydrogen-bond donors (Lipinski definition) is 1. The van der Waals surface area contributed by atoms with E-state index in [1.54, 1.807) is 0 Å². The molecule has 4 heteroatoms. The Morgan fingerprint density at radius 3 is 2.95 bits per heavy atom. The van der Waals surface area contributed by atoms with Crippen molar-refractivity contribution in [1.82, 2.24) is 14.9 Å². The lowest BCUT2D eigenvalue weighted by atomic mass is 10.1. The molecular formula is C15H18N3O. The maximum Gasteiger partial charge on any atom is 0.103 e. The minimum atomic E-state index is 0.836. The molecule has 3 rings (SSSR count). The molecule has 1 saturated heterocycles. The van der Waals surface area contributed by atoms with E-state index >= 15 is 0 Å². The second-order valence-corrected chi connectivity index (χ2v) is 4.90. The summed E-state index contributed by atoms with van der Waals surface area (Å²) < 4.78 is 5.37. The van der Waals surface area contributed by atoms with Crippen LogP contribution >= 0.6 is 0 Å². The van der Waals surface area contributed by atoms with Crippen molar-refractivity contribution in [2.45, 2.75) is 13.5 Å². The molecule has 0 bridgehead atoms. The molecule has 0 atom stereocenters. The molecule has 1 aromatic carbocycles. The van der Waals surface area contributed by atoms with Gasteiger partial charge in [0.1, 0.15) is 5.82 Å². The van der Waals surface area contributed by atoms with Crippen LogP contribution in [0.25, 0.3) is 11.3 Å². The van der Waals surface area contributed by atoms with Gasteiger partial charge in [-0.05, 0) is 36.8 Å².